The van der Waals surface area contributed by atoms with Crippen molar-refractivity contribution in [3.63, 3.8) is 0 Å². The van der Waals surface area contributed by atoms with Crippen molar-refractivity contribution in [2.45, 2.75) is 70.9 Å². The Labute approximate surface area is 212 Å². The average molecular weight is 490 g/mol. The van der Waals surface area contributed by atoms with Crippen molar-refractivity contribution in [1.29, 1.82) is 0 Å². The number of amides is 1. The number of carbonyl (C=O) groups is 1. The highest BCUT2D eigenvalue weighted by atomic mass is 16.5. The van der Waals surface area contributed by atoms with Crippen LogP contribution in [-0.2, 0) is 22.5 Å². The Morgan fingerprint density at radius 2 is 1.94 bits per heavy atom. The van der Waals surface area contributed by atoms with Crippen LogP contribution in [0.3, 0.4) is 0 Å². The van der Waals surface area contributed by atoms with Crippen molar-refractivity contribution in [2.75, 3.05) is 13.7 Å². The minimum absolute atomic E-state index is 0.0537. The second-order valence-electron chi connectivity index (χ2n) is 10.1. The zero-order chi connectivity index (χ0) is 25.2. The lowest BCUT2D eigenvalue weighted by Crippen LogP contribution is -2.39. The molecule has 3 unspecified atom stereocenters. The van der Waals surface area contributed by atoms with Crippen molar-refractivity contribution in [3.8, 4) is 28.5 Å². The van der Waals surface area contributed by atoms with Gasteiger partial charge in [0.1, 0.15) is 18.5 Å². The zero-order valence-electron chi connectivity index (χ0n) is 21.5. The SMILES string of the molecule is COc1cccc(-c2nc(-c3ccc(CC(C)N4C5CCC4OC5)cc3)nn2CC(=O)NC(C)C)c1. The molecule has 0 radical (unpaired) electrons. The molecule has 3 aromatic rings. The Bertz CT molecular complexity index is 1190. The van der Waals surface area contributed by atoms with E-state index in [2.05, 4.69) is 41.4 Å². The number of ether oxygens (including phenoxy) is 2. The lowest BCUT2D eigenvalue weighted by Gasteiger charge is -2.27. The van der Waals surface area contributed by atoms with Crippen LogP contribution in [0.4, 0.5) is 0 Å². The monoisotopic (exact) mass is 489 g/mol. The quantitative estimate of drug-likeness (QED) is 0.491. The first-order valence-electron chi connectivity index (χ1n) is 12.8. The van der Waals surface area contributed by atoms with Gasteiger partial charge in [0.05, 0.1) is 13.7 Å². The molecule has 8 heteroatoms. The van der Waals surface area contributed by atoms with E-state index < -0.39 is 0 Å². The van der Waals surface area contributed by atoms with Crippen molar-refractivity contribution in [1.82, 2.24) is 25.0 Å². The number of carbonyl (C=O) groups excluding carboxylic acids is 1. The third kappa shape index (κ3) is 5.15. The molecule has 1 aromatic heterocycles. The molecule has 0 spiro atoms. The largest absolute Gasteiger partial charge is 0.497 e. The van der Waals surface area contributed by atoms with Crippen LogP contribution in [-0.4, -0.2) is 63.6 Å². The topological polar surface area (TPSA) is 81.5 Å². The molecular formula is C28H35N5O3. The van der Waals surface area contributed by atoms with Crippen LogP contribution in [0, 0.1) is 0 Å². The number of methoxy groups -OCH3 is 1. The van der Waals surface area contributed by atoms with E-state index in [1.54, 1.807) is 11.8 Å². The van der Waals surface area contributed by atoms with E-state index >= 15 is 0 Å². The number of benzene rings is 2. The zero-order valence-corrected chi connectivity index (χ0v) is 21.5. The molecule has 2 saturated heterocycles. The molecule has 3 atom stereocenters. The van der Waals surface area contributed by atoms with Gasteiger partial charge >= 0.3 is 0 Å². The van der Waals surface area contributed by atoms with Crippen molar-refractivity contribution in [2.24, 2.45) is 0 Å². The van der Waals surface area contributed by atoms with Gasteiger partial charge in [-0.2, -0.15) is 0 Å². The van der Waals surface area contributed by atoms with Crippen LogP contribution in [0.2, 0.25) is 0 Å². The van der Waals surface area contributed by atoms with E-state index in [0.29, 0.717) is 30.0 Å². The van der Waals surface area contributed by atoms with Gasteiger partial charge in [-0.15, -0.1) is 5.10 Å². The molecule has 1 N–H and O–H groups in total. The van der Waals surface area contributed by atoms with Crippen LogP contribution in [0.1, 0.15) is 39.2 Å². The van der Waals surface area contributed by atoms with Gasteiger partial charge in [-0.3, -0.25) is 9.69 Å². The summed E-state index contributed by atoms with van der Waals surface area (Å²) in [4.78, 5) is 19.9. The first-order valence-corrected chi connectivity index (χ1v) is 12.8. The minimum atomic E-state index is -0.102. The molecule has 190 valence electrons. The van der Waals surface area contributed by atoms with Crippen molar-refractivity contribution < 1.29 is 14.3 Å². The molecule has 3 heterocycles. The van der Waals surface area contributed by atoms with Gasteiger partial charge in [0.2, 0.25) is 5.91 Å². The molecule has 2 aromatic carbocycles. The van der Waals surface area contributed by atoms with E-state index in [-0.39, 0.29) is 18.5 Å². The lowest BCUT2D eigenvalue weighted by molar-refractivity contribution is -0.122. The summed E-state index contributed by atoms with van der Waals surface area (Å²) < 4.78 is 12.9. The Hall–Kier alpha value is -3.23. The number of nitrogens with zero attached hydrogens (tertiary/aromatic N) is 4. The Morgan fingerprint density at radius 3 is 2.58 bits per heavy atom. The summed E-state index contributed by atoms with van der Waals surface area (Å²) in [6, 6.07) is 17.2. The van der Waals surface area contributed by atoms with Crippen LogP contribution in [0.5, 0.6) is 5.75 Å². The lowest BCUT2D eigenvalue weighted by atomic mass is 10.0. The summed E-state index contributed by atoms with van der Waals surface area (Å²) in [5.41, 5.74) is 3.04. The normalized spacial score (nSPS) is 20.1. The number of nitrogens with one attached hydrogen (secondary N) is 1. The predicted octanol–water partition coefficient (Wildman–Crippen LogP) is 3.90. The first-order chi connectivity index (χ1) is 17.4. The summed E-state index contributed by atoms with van der Waals surface area (Å²) in [7, 11) is 1.63. The van der Waals surface area contributed by atoms with Crippen LogP contribution in [0.25, 0.3) is 22.8 Å². The Balaban J connectivity index is 1.37. The second-order valence-corrected chi connectivity index (χ2v) is 10.1. The van der Waals surface area contributed by atoms with Gasteiger partial charge in [-0.1, -0.05) is 36.4 Å². The summed E-state index contributed by atoms with van der Waals surface area (Å²) in [6.07, 6.45) is 3.66. The highest BCUT2D eigenvalue weighted by Gasteiger charge is 2.42. The van der Waals surface area contributed by atoms with E-state index in [1.807, 2.05) is 38.1 Å². The highest BCUT2D eigenvalue weighted by Crippen LogP contribution is 2.34. The molecule has 2 aliphatic heterocycles. The molecule has 2 fully saturated rings. The maximum Gasteiger partial charge on any atom is 0.242 e. The number of hydrogen-bond acceptors (Lipinski definition) is 6. The third-order valence-electron chi connectivity index (χ3n) is 6.98. The van der Waals surface area contributed by atoms with Crippen LogP contribution in [0.15, 0.2) is 48.5 Å². The van der Waals surface area contributed by atoms with Gasteiger partial charge in [-0.25, -0.2) is 9.67 Å². The summed E-state index contributed by atoms with van der Waals surface area (Å²) in [5, 5.41) is 7.66. The Morgan fingerprint density at radius 1 is 1.14 bits per heavy atom. The predicted molar refractivity (Wildman–Crippen MR) is 138 cm³/mol. The standard InChI is InChI=1S/C28H35N5O3/c1-18(2)29-25(34)16-32-28(22-6-5-7-24(15-22)35-4)30-27(31-32)21-10-8-20(9-11-21)14-19(3)33-23-12-13-26(33)36-17-23/h5-11,15,18-19,23,26H,12-14,16-17H2,1-4H3,(H,29,34). The fraction of sp³-hybridized carbons (Fsp3) is 0.464. The molecule has 0 saturated carbocycles. The fourth-order valence-electron chi connectivity index (χ4n) is 5.36. The fourth-order valence-corrected chi connectivity index (χ4v) is 5.36. The molecule has 8 nitrogen and oxygen atoms in total. The van der Waals surface area contributed by atoms with E-state index in [9.17, 15) is 4.79 Å². The van der Waals surface area contributed by atoms with Gasteiger partial charge in [0, 0.05) is 29.3 Å². The summed E-state index contributed by atoms with van der Waals surface area (Å²) in [6.45, 7) is 7.13. The molecule has 5 rings (SSSR count). The van der Waals surface area contributed by atoms with Crippen molar-refractivity contribution >= 4 is 5.91 Å². The van der Waals surface area contributed by atoms with Gasteiger partial charge in [-0.05, 0) is 57.7 Å². The second kappa shape index (κ2) is 10.4. The van der Waals surface area contributed by atoms with E-state index in [4.69, 9.17) is 19.6 Å². The third-order valence-corrected chi connectivity index (χ3v) is 6.98. The number of rotatable bonds is 9. The molecule has 36 heavy (non-hydrogen) atoms. The van der Waals surface area contributed by atoms with Crippen LogP contribution < -0.4 is 10.1 Å². The number of hydrogen-bond donors (Lipinski definition) is 1. The van der Waals surface area contributed by atoms with Gasteiger partial charge < -0.3 is 14.8 Å². The summed E-state index contributed by atoms with van der Waals surface area (Å²) >= 11 is 0. The van der Waals surface area contributed by atoms with Gasteiger partial charge in [0.25, 0.3) is 0 Å². The first kappa shape index (κ1) is 24.5. The summed E-state index contributed by atoms with van der Waals surface area (Å²) in [5.74, 6) is 1.85. The molecule has 2 aliphatic rings. The van der Waals surface area contributed by atoms with Gasteiger partial charge in [0.15, 0.2) is 11.6 Å². The number of fused-ring (bicyclic) bond motifs is 2. The highest BCUT2D eigenvalue weighted by molar-refractivity contribution is 5.77. The minimum Gasteiger partial charge on any atom is -0.497 e. The number of aromatic nitrogens is 3. The van der Waals surface area contributed by atoms with Crippen LogP contribution >= 0.6 is 0 Å². The average Bonchev–Trinajstić information content (AvgIpc) is 3.59. The maximum absolute atomic E-state index is 12.5. The van der Waals surface area contributed by atoms with E-state index in [1.165, 1.54) is 12.0 Å². The smallest absolute Gasteiger partial charge is 0.242 e. The van der Waals surface area contributed by atoms with Crippen molar-refractivity contribution in [3.05, 3.63) is 54.1 Å². The van der Waals surface area contributed by atoms with E-state index in [0.717, 1.165) is 36.3 Å². The Kier molecular flexibility index (Phi) is 7.07. The molecular weight excluding hydrogens is 454 g/mol. The maximum atomic E-state index is 12.5. The molecule has 2 bridgehead atoms. The molecule has 1 amide bonds. The molecule has 0 aliphatic carbocycles.